The van der Waals surface area contributed by atoms with E-state index in [4.69, 9.17) is 9.47 Å². The van der Waals surface area contributed by atoms with Gasteiger partial charge in [-0.3, -0.25) is 9.59 Å². The highest BCUT2D eigenvalue weighted by molar-refractivity contribution is 6.14. The van der Waals surface area contributed by atoms with Crippen molar-refractivity contribution in [1.82, 2.24) is 0 Å². The third-order valence-electron chi connectivity index (χ3n) is 3.80. The lowest BCUT2D eigenvalue weighted by Gasteiger charge is -2.22. The van der Waals surface area contributed by atoms with Gasteiger partial charge >= 0.3 is 0 Å². The number of para-hydroxylation sites is 1. The van der Waals surface area contributed by atoms with Crippen molar-refractivity contribution in [3.8, 4) is 11.5 Å². The fourth-order valence-corrected chi connectivity index (χ4v) is 2.17. The van der Waals surface area contributed by atoms with Crippen LogP contribution in [-0.2, 0) is 9.59 Å². The average Bonchev–Trinajstić information content (AvgIpc) is 3.03. The molecular weight excluding hydrogens is 308 g/mol. The Hall–Kier alpha value is -3.02. The van der Waals surface area contributed by atoms with E-state index in [2.05, 4.69) is 10.6 Å². The summed E-state index contributed by atoms with van der Waals surface area (Å²) in [5.74, 6) is 0.412. The molecule has 3 rings (SSSR count). The van der Waals surface area contributed by atoms with Crippen molar-refractivity contribution in [1.29, 1.82) is 0 Å². The molecule has 2 amide bonds. The molecule has 124 valence electrons. The summed E-state index contributed by atoms with van der Waals surface area (Å²) in [5.41, 5.74) is -0.0528. The Morgan fingerprint density at radius 3 is 2.21 bits per heavy atom. The van der Waals surface area contributed by atoms with Gasteiger partial charge in [-0.25, -0.2) is 0 Å². The number of hydrogen-bond donors (Lipinski definition) is 2. The first-order valence-electron chi connectivity index (χ1n) is 7.54. The van der Waals surface area contributed by atoms with Crippen molar-refractivity contribution < 1.29 is 19.1 Å². The molecule has 6 heteroatoms. The van der Waals surface area contributed by atoms with E-state index in [9.17, 15) is 9.59 Å². The normalized spacial score (nSPS) is 12.6. The summed E-state index contributed by atoms with van der Waals surface area (Å²) in [7, 11) is 0. The van der Waals surface area contributed by atoms with Crippen LogP contribution in [0.15, 0.2) is 48.5 Å². The summed E-state index contributed by atoms with van der Waals surface area (Å²) < 4.78 is 10.5. The summed E-state index contributed by atoms with van der Waals surface area (Å²) in [4.78, 5) is 25.0. The van der Waals surface area contributed by atoms with Gasteiger partial charge in [0, 0.05) is 17.4 Å². The number of carbonyl (C=O) groups excluding carboxylic acids is 2. The number of rotatable bonds is 4. The van der Waals surface area contributed by atoms with Crippen LogP contribution in [0.5, 0.6) is 11.5 Å². The maximum atomic E-state index is 12.5. The van der Waals surface area contributed by atoms with Crippen LogP contribution in [0.3, 0.4) is 0 Å². The average molecular weight is 326 g/mol. The molecule has 0 saturated carbocycles. The standard InChI is InChI=1S/C18H18N2O4/c1-18(2,16(21)19-12-6-4-3-5-7-12)17(22)20-13-8-9-14-15(10-13)24-11-23-14/h3-10H,11H2,1-2H3,(H,19,21)(H,20,22). The molecule has 0 radical (unpaired) electrons. The quantitative estimate of drug-likeness (QED) is 0.847. The molecular formula is C18H18N2O4. The highest BCUT2D eigenvalue weighted by Crippen LogP contribution is 2.34. The molecule has 6 nitrogen and oxygen atoms in total. The smallest absolute Gasteiger partial charge is 0.239 e. The topological polar surface area (TPSA) is 76.7 Å². The van der Waals surface area contributed by atoms with Gasteiger partial charge in [-0.2, -0.15) is 0 Å². The molecule has 0 spiro atoms. The maximum absolute atomic E-state index is 12.5. The summed E-state index contributed by atoms with van der Waals surface area (Å²) in [6.45, 7) is 3.32. The molecule has 0 fully saturated rings. The highest BCUT2D eigenvalue weighted by Gasteiger charge is 2.36. The van der Waals surface area contributed by atoms with Crippen LogP contribution >= 0.6 is 0 Å². The van der Waals surface area contributed by atoms with Crippen LogP contribution < -0.4 is 20.1 Å². The van der Waals surface area contributed by atoms with Crippen LogP contribution in [0.4, 0.5) is 11.4 Å². The van der Waals surface area contributed by atoms with Gasteiger partial charge in [0.1, 0.15) is 5.41 Å². The summed E-state index contributed by atoms with van der Waals surface area (Å²) in [5, 5.41) is 5.49. The van der Waals surface area contributed by atoms with Crippen LogP contribution in [0.2, 0.25) is 0 Å². The first kappa shape index (κ1) is 15.9. The van der Waals surface area contributed by atoms with E-state index in [0.717, 1.165) is 0 Å². The van der Waals surface area contributed by atoms with Gasteiger partial charge in [0.15, 0.2) is 11.5 Å². The molecule has 0 saturated heterocycles. The molecule has 0 aromatic heterocycles. The molecule has 2 N–H and O–H groups in total. The zero-order chi connectivity index (χ0) is 17.2. The maximum Gasteiger partial charge on any atom is 0.239 e. The largest absolute Gasteiger partial charge is 0.454 e. The second kappa shape index (κ2) is 6.23. The lowest BCUT2D eigenvalue weighted by Crippen LogP contribution is -2.41. The van der Waals surface area contributed by atoms with Crippen LogP contribution in [-0.4, -0.2) is 18.6 Å². The Kier molecular flexibility index (Phi) is 4.12. The first-order valence-corrected chi connectivity index (χ1v) is 7.54. The molecule has 0 aliphatic carbocycles. The molecule has 0 bridgehead atoms. The fourth-order valence-electron chi connectivity index (χ4n) is 2.17. The summed E-state index contributed by atoms with van der Waals surface area (Å²) in [6.07, 6.45) is 0. The SMILES string of the molecule is CC(C)(C(=O)Nc1ccccc1)C(=O)Nc1ccc2c(c1)OCO2. The summed E-state index contributed by atoms with van der Waals surface area (Å²) >= 11 is 0. The minimum atomic E-state index is -1.24. The van der Waals surface area contributed by atoms with Crippen molar-refractivity contribution in [2.24, 2.45) is 5.41 Å². The van der Waals surface area contributed by atoms with Crippen molar-refractivity contribution in [3.63, 3.8) is 0 Å². The van der Waals surface area contributed by atoms with E-state index >= 15 is 0 Å². The summed E-state index contributed by atoms with van der Waals surface area (Å²) in [6, 6.07) is 14.1. The number of ether oxygens (including phenoxy) is 2. The van der Waals surface area contributed by atoms with Crippen LogP contribution in [0.1, 0.15) is 13.8 Å². The molecule has 2 aromatic rings. The van der Waals surface area contributed by atoms with Gasteiger partial charge in [-0.15, -0.1) is 0 Å². The van der Waals surface area contributed by atoms with Crippen LogP contribution in [0, 0.1) is 5.41 Å². The van der Waals surface area contributed by atoms with E-state index in [1.54, 1.807) is 44.2 Å². The van der Waals surface area contributed by atoms with Crippen molar-refractivity contribution >= 4 is 23.2 Å². The molecule has 1 aliphatic heterocycles. The minimum absolute atomic E-state index is 0.164. The van der Waals surface area contributed by atoms with Gasteiger partial charge in [-0.05, 0) is 38.1 Å². The van der Waals surface area contributed by atoms with Crippen molar-refractivity contribution in [2.75, 3.05) is 17.4 Å². The number of anilines is 2. The third kappa shape index (κ3) is 3.17. The number of hydrogen-bond acceptors (Lipinski definition) is 4. The van der Waals surface area contributed by atoms with E-state index in [0.29, 0.717) is 22.9 Å². The van der Waals surface area contributed by atoms with E-state index in [1.165, 1.54) is 0 Å². The second-order valence-corrected chi connectivity index (χ2v) is 5.97. The number of nitrogens with one attached hydrogen (secondary N) is 2. The van der Waals surface area contributed by atoms with Gasteiger partial charge in [-0.1, -0.05) is 18.2 Å². The zero-order valence-electron chi connectivity index (χ0n) is 13.5. The number of carbonyl (C=O) groups is 2. The molecule has 0 unspecified atom stereocenters. The van der Waals surface area contributed by atoms with Crippen molar-refractivity contribution in [3.05, 3.63) is 48.5 Å². The fraction of sp³-hybridized carbons (Fsp3) is 0.222. The molecule has 1 aliphatic rings. The number of fused-ring (bicyclic) bond motifs is 1. The number of benzene rings is 2. The Morgan fingerprint density at radius 1 is 0.875 bits per heavy atom. The Bertz CT molecular complexity index is 772. The molecule has 0 atom stereocenters. The predicted octanol–water partition coefficient (Wildman–Crippen LogP) is 3.02. The van der Waals surface area contributed by atoms with Crippen molar-refractivity contribution in [2.45, 2.75) is 13.8 Å². The van der Waals surface area contributed by atoms with Gasteiger partial charge in [0.2, 0.25) is 18.6 Å². The second-order valence-electron chi connectivity index (χ2n) is 5.97. The zero-order valence-corrected chi connectivity index (χ0v) is 13.5. The Morgan fingerprint density at radius 2 is 1.50 bits per heavy atom. The van der Waals surface area contributed by atoms with Gasteiger partial charge < -0.3 is 20.1 Å². The van der Waals surface area contributed by atoms with Crippen LogP contribution in [0.25, 0.3) is 0 Å². The predicted molar refractivity (Wildman–Crippen MR) is 90.0 cm³/mol. The lowest BCUT2D eigenvalue weighted by atomic mass is 9.90. The van der Waals surface area contributed by atoms with Gasteiger partial charge in [0.25, 0.3) is 0 Å². The Labute approximate surface area is 139 Å². The monoisotopic (exact) mass is 326 g/mol. The minimum Gasteiger partial charge on any atom is -0.454 e. The highest BCUT2D eigenvalue weighted by atomic mass is 16.7. The van der Waals surface area contributed by atoms with E-state index in [1.807, 2.05) is 18.2 Å². The molecule has 24 heavy (non-hydrogen) atoms. The van der Waals surface area contributed by atoms with E-state index < -0.39 is 11.3 Å². The molecule has 2 aromatic carbocycles. The first-order chi connectivity index (χ1) is 11.5. The Balaban J connectivity index is 1.69. The third-order valence-corrected chi connectivity index (χ3v) is 3.80. The number of amides is 2. The molecule has 1 heterocycles. The van der Waals surface area contributed by atoms with E-state index in [-0.39, 0.29) is 12.7 Å². The lowest BCUT2D eigenvalue weighted by molar-refractivity contribution is -0.135. The van der Waals surface area contributed by atoms with Gasteiger partial charge in [0.05, 0.1) is 0 Å².